The standard InChI is InChI=1S/C8H16N2O3/c1-3-10-6(8(9)12)5-7(11)13-4-2/h6,10H,3-5H2,1-2H3,(H2,9,12). The second-order valence-electron chi connectivity index (χ2n) is 2.52. The van der Waals surface area contributed by atoms with Crippen molar-refractivity contribution in [3.63, 3.8) is 0 Å². The summed E-state index contributed by atoms with van der Waals surface area (Å²) in [5, 5.41) is 2.80. The van der Waals surface area contributed by atoms with Crippen LogP contribution in [0.25, 0.3) is 0 Å². The molecule has 0 bridgehead atoms. The van der Waals surface area contributed by atoms with Crippen molar-refractivity contribution >= 4 is 11.9 Å². The van der Waals surface area contributed by atoms with Gasteiger partial charge in [-0.15, -0.1) is 0 Å². The molecule has 0 aromatic rings. The Hall–Kier alpha value is -1.10. The quantitative estimate of drug-likeness (QED) is 0.545. The van der Waals surface area contributed by atoms with Crippen molar-refractivity contribution in [1.82, 2.24) is 5.32 Å². The number of likely N-dealkylation sites (N-methyl/N-ethyl adjacent to an activating group) is 1. The average molecular weight is 188 g/mol. The molecular weight excluding hydrogens is 172 g/mol. The third-order valence-electron chi connectivity index (χ3n) is 1.47. The lowest BCUT2D eigenvalue weighted by atomic mass is 10.2. The largest absolute Gasteiger partial charge is 0.466 e. The Labute approximate surface area is 77.6 Å². The number of hydrogen-bond acceptors (Lipinski definition) is 4. The predicted molar refractivity (Wildman–Crippen MR) is 47.9 cm³/mol. The predicted octanol–water partition coefficient (Wildman–Crippen LogP) is -0.597. The summed E-state index contributed by atoms with van der Waals surface area (Å²) in [5.74, 6) is -0.942. The van der Waals surface area contributed by atoms with Gasteiger partial charge in [-0.3, -0.25) is 9.59 Å². The van der Waals surface area contributed by atoms with E-state index in [1.165, 1.54) is 0 Å². The van der Waals surface area contributed by atoms with Crippen LogP contribution in [0.3, 0.4) is 0 Å². The molecule has 0 rings (SSSR count). The van der Waals surface area contributed by atoms with Crippen molar-refractivity contribution in [2.75, 3.05) is 13.2 Å². The molecule has 0 saturated heterocycles. The number of esters is 1. The van der Waals surface area contributed by atoms with E-state index in [9.17, 15) is 9.59 Å². The number of carbonyl (C=O) groups excluding carboxylic acids is 2. The Morgan fingerprint density at radius 1 is 1.46 bits per heavy atom. The van der Waals surface area contributed by atoms with E-state index in [0.717, 1.165) is 0 Å². The smallest absolute Gasteiger partial charge is 0.307 e. The van der Waals surface area contributed by atoms with Crippen LogP contribution in [-0.2, 0) is 14.3 Å². The third kappa shape index (κ3) is 5.19. The minimum absolute atomic E-state index is 0.00296. The molecule has 0 saturated carbocycles. The van der Waals surface area contributed by atoms with Gasteiger partial charge in [0.1, 0.15) is 0 Å². The fourth-order valence-corrected chi connectivity index (χ4v) is 0.906. The summed E-state index contributed by atoms with van der Waals surface area (Å²) >= 11 is 0. The Balaban J connectivity index is 3.94. The number of rotatable bonds is 6. The maximum atomic E-state index is 11.0. The molecule has 0 heterocycles. The molecule has 0 aliphatic carbocycles. The summed E-state index contributed by atoms with van der Waals surface area (Å²) in [6.45, 7) is 4.45. The Morgan fingerprint density at radius 2 is 2.08 bits per heavy atom. The first-order valence-electron chi connectivity index (χ1n) is 4.30. The highest BCUT2D eigenvalue weighted by Crippen LogP contribution is 1.94. The van der Waals surface area contributed by atoms with Gasteiger partial charge in [0.25, 0.3) is 0 Å². The molecule has 0 aromatic carbocycles. The van der Waals surface area contributed by atoms with E-state index in [-0.39, 0.29) is 6.42 Å². The first kappa shape index (κ1) is 11.9. The Kier molecular flexibility index (Phi) is 5.88. The zero-order valence-electron chi connectivity index (χ0n) is 8.00. The molecule has 1 unspecified atom stereocenters. The van der Waals surface area contributed by atoms with Crippen LogP contribution in [-0.4, -0.2) is 31.1 Å². The van der Waals surface area contributed by atoms with E-state index >= 15 is 0 Å². The van der Waals surface area contributed by atoms with Gasteiger partial charge in [-0.2, -0.15) is 0 Å². The summed E-state index contributed by atoms with van der Waals surface area (Å²) in [7, 11) is 0. The molecule has 0 radical (unpaired) electrons. The summed E-state index contributed by atoms with van der Waals surface area (Å²) in [4.78, 5) is 21.7. The van der Waals surface area contributed by atoms with Crippen molar-refractivity contribution in [2.45, 2.75) is 26.3 Å². The minimum atomic E-state index is -0.621. The lowest BCUT2D eigenvalue weighted by Gasteiger charge is -2.12. The lowest BCUT2D eigenvalue weighted by Crippen LogP contribution is -2.42. The SMILES string of the molecule is CCNC(CC(=O)OCC)C(N)=O. The van der Waals surface area contributed by atoms with Gasteiger partial charge in [-0.05, 0) is 13.5 Å². The van der Waals surface area contributed by atoms with E-state index in [2.05, 4.69) is 10.1 Å². The van der Waals surface area contributed by atoms with Crippen LogP contribution < -0.4 is 11.1 Å². The van der Waals surface area contributed by atoms with Crippen molar-refractivity contribution in [2.24, 2.45) is 5.73 Å². The van der Waals surface area contributed by atoms with Crippen LogP contribution in [0, 0.1) is 0 Å². The number of primary amides is 1. The van der Waals surface area contributed by atoms with E-state index in [4.69, 9.17) is 5.73 Å². The van der Waals surface area contributed by atoms with E-state index in [1.807, 2.05) is 6.92 Å². The fraction of sp³-hybridized carbons (Fsp3) is 0.750. The summed E-state index contributed by atoms with van der Waals surface area (Å²) in [5.41, 5.74) is 5.06. The van der Waals surface area contributed by atoms with Gasteiger partial charge in [0.15, 0.2) is 0 Å². The summed E-state index contributed by atoms with van der Waals surface area (Å²) in [6, 6.07) is -0.621. The van der Waals surface area contributed by atoms with Crippen LogP contribution >= 0.6 is 0 Å². The molecule has 0 fully saturated rings. The van der Waals surface area contributed by atoms with Crippen LogP contribution in [0.15, 0.2) is 0 Å². The summed E-state index contributed by atoms with van der Waals surface area (Å²) < 4.78 is 4.68. The molecule has 1 atom stereocenters. The van der Waals surface area contributed by atoms with E-state index < -0.39 is 17.9 Å². The van der Waals surface area contributed by atoms with E-state index in [0.29, 0.717) is 13.2 Å². The molecular formula is C8H16N2O3. The van der Waals surface area contributed by atoms with Crippen molar-refractivity contribution in [3.05, 3.63) is 0 Å². The van der Waals surface area contributed by atoms with Crippen molar-refractivity contribution in [1.29, 1.82) is 0 Å². The maximum Gasteiger partial charge on any atom is 0.307 e. The highest BCUT2D eigenvalue weighted by molar-refractivity contribution is 5.85. The zero-order chi connectivity index (χ0) is 10.3. The number of amides is 1. The van der Waals surface area contributed by atoms with Crippen molar-refractivity contribution in [3.8, 4) is 0 Å². The maximum absolute atomic E-state index is 11.0. The second kappa shape index (κ2) is 6.42. The van der Waals surface area contributed by atoms with Gasteiger partial charge in [0, 0.05) is 0 Å². The van der Waals surface area contributed by atoms with E-state index in [1.54, 1.807) is 6.92 Å². The van der Waals surface area contributed by atoms with Gasteiger partial charge in [0.05, 0.1) is 19.1 Å². The highest BCUT2D eigenvalue weighted by Gasteiger charge is 2.18. The van der Waals surface area contributed by atoms with Gasteiger partial charge < -0.3 is 15.8 Å². The van der Waals surface area contributed by atoms with Crippen LogP contribution in [0.5, 0.6) is 0 Å². The second-order valence-corrected chi connectivity index (χ2v) is 2.52. The van der Waals surface area contributed by atoms with Crippen LogP contribution in [0.1, 0.15) is 20.3 Å². The molecule has 3 N–H and O–H groups in total. The molecule has 1 amide bonds. The highest BCUT2D eigenvalue weighted by atomic mass is 16.5. The number of ether oxygens (including phenoxy) is 1. The average Bonchev–Trinajstić information content (AvgIpc) is 2.04. The first-order valence-corrected chi connectivity index (χ1v) is 4.30. The van der Waals surface area contributed by atoms with Crippen LogP contribution in [0.4, 0.5) is 0 Å². The third-order valence-corrected chi connectivity index (χ3v) is 1.47. The molecule has 76 valence electrons. The Bertz CT molecular complexity index is 182. The zero-order valence-corrected chi connectivity index (χ0v) is 8.00. The van der Waals surface area contributed by atoms with Gasteiger partial charge in [0.2, 0.25) is 5.91 Å². The topological polar surface area (TPSA) is 81.4 Å². The van der Waals surface area contributed by atoms with Crippen molar-refractivity contribution < 1.29 is 14.3 Å². The van der Waals surface area contributed by atoms with Gasteiger partial charge >= 0.3 is 5.97 Å². The molecule has 5 heteroatoms. The fourth-order valence-electron chi connectivity index (χ4n) is 0.906. The molecule has 5 nitrogen and oxygen atoms in total. The van der Waals surface area contributed by atoms with Gasteiger partial charge in [-0.1, -0.05) is 6.92 Å². The van der Waals surface area contributed by atoms with Gasteiger partial charge in [-0.25, -0.2) is 0 Å². The molecule has 0 aliphatic rings. The molecule has 0 aliphatic heterocycles. The van der Waals surface area contributed by atoms with Crippen LogP contribution in [0.2, 0.25) is 0 Å². The molecule has 0 spiro atoms. The monoisotopic (exact) mass is 188 g/mol. The number of carbonyl (C=O) groups is 2. The number of nitrogens with one attached hydrogen (secondary N) is 1. The number of nitrogens with two attached hydrogens (primary N) is 1. The number of hydrogen-bond donors (Lipinski definition) is 2. The minimum Gasteiger partial charge on any atom is -0.466 e. The first-order chi connectivity index (χ1) is 6.11. The summed E-state index contributed by atoms with van der Waals surface area (Å²) in [6.07, 6.45) is -0.00296. The molecule has 0 aromatic heterocycles. The lowest BCUT2D eigenvalue weighted by molar-refractivity contribution is -0.145. The normalized spacial score (nSPS) is 12.2. The Morgan fingerprint density at radius 3 is 2.46 bits per heavy atom. The molecule has 13 heavy (non-hydrogen) atoms.